The molecule has 154 valence electrons. The van der Waals surface area contributed by atoms with Gasteiger partial charge in [0.15, 0.2) is 5.96 Å². The number of carbonyl (C=O) groups is 1. The maximum Gasteiger partial charge on any atom is 0.220 e. The number of nitrogens with one attached hydrogen (secondary N) is 1. The fourth-order valence-corrected chi connectivity index (χ4v) is 3.89. The summed E-state index contributed by atoms with van der Waals surface area (Å²) in [5, 5.41) is 6.62. The lowest BCUT2D eigenvalue weighted by molar-refractivity contribution is -0.123. The van der Waals surface area contributed by atoms with E-state index in [9.17, 15) is 4.79 Å². The van der Waals surface area contributed by atoms with Crippen molar-refractivity contribution in [2.45, 2.75) is 39.2 Å². The number of hydrogen-bond acceptors (Lipinski definition) is 5. The summed E-state index contributed by atoms with van der Waals surface area (Å²) in [5.74, 6) is 0.836. The summed E-state index contributed by atoms with van der Waals surface area (Å²) in [6, 6.07) is 0. The van der Waals surface area contributed by atoms with E-state index < -0.39 is 0 Å². The Hall–Kier alpha value is -0.940. The van der Waals surface area contributed by atoms with E-state index in [2.05, 4.69) is 30.5 Å². The van der Waals surface area contributed by atoms with Crippen LogP contribution in [0, 0.1) is 12.8 Å². The van der Waals surface area contributed by atoms with E-state index >= 15 is 0 Å². The predicted octanol–water partition coefficient (Wildman–Crippen LogP) is 2.05. The summed E-state index contributed by atoms with van der Waals surface area (Å²) in [4.78, 5) is 24.6. The molecule has 3 N–H and O–H groups in total. The zero-order chi connectivity index (χ0) is 18.9. The number of nitrogens with two attached hydrogens (primary N) is 1. The van der Waals surface area contributed by atoms with E-state index in [0.717, 1.165) is 75.1 Å². The molecule has 0 bridgehead atoms. The Morgan fingerprint density at radius 1 is 1.44 bits per heavy atom. The summed E-state index contributed by atoms with van der Waals surface area (Å²) < 4.78 is 0. The number of primary amides is 1. The van der Waals surface area contributed by atoms with Gasteiger partial charge in [-0.15, -0.1) is 35.3 Å². The second-order valence-corrected chi connectivity index (χ2v) is 7.98. The molecule has 0 radical (unpaired) electrons. The van der Waals surface area contributed by atoms with Crippen molar-refractivity contribution in [3.05, 3.63) is 16.1 Å². The SMILES string of the molecule is CN=C(NCCCCN1CCC(C(N)=O)CC1)N(C)Cc1csc(C)n1.I. The fraction of sp³-hybridized carbons (Fsp3) is 0.722. The van der Waals surface area contributed by atoms with E-state index in [4.69, 9.17) is 5.73 Å². The molecule has 0 unspecified atom stereocenters. The molecule has 0 aliphatic carbocycles. The minimum atomic E-state index is -0.142. The van der Waals surface area contributed by atoms with E-state index in [0.29, 0.717) is 0 Å². The van der Waals surface area contributed by atoms with E-state index in [1.54, 1.807) is 11.3 Å². The van der Waals surface area contributed by atoms with Crippen molar-refractivity contribution in [2.24, 2.45) is 16.6 Å². The number of aryl methyl sites for hydroxylation is 1. The Bertz CT molecular complexity index is 600. The third-order valence-electron chi connectivity index (χ3n) is 4.81. The van der Waals surface area contributed by atoms with Crippen LogP contribution in [0.3, 0.4) is 0 Å². The van der Waals surface area contributed by atoms with Crippen LogP contribution in [0.1, 0.15) is 36.4 Å². The Morgan fingerprint density at radius 3 is 2.70 bits per heavy atom. The maximum absolute atomic E-state index is 11.2. The molecule has 0 spiro atoms. The van der Waals surface area contributed by atoms with E-state index in [1.807, 2.05) is 21.0 Å². The number of amides is 1. The average Bonchev–Trinajstić information content (AvgIpc) is 3.03. The molecule has 0 atom stereocenters. The molecule has 2 rings (SSSR count). The second kappa shape index (κ2) is 12.5. The Kier molecular flexibility index (Phi) is 11.2. The number of thiazole rings is 1. The number of aliphatic imine (C=N–C) groups is 1. The normalized spacial score (nSPS) is 16.0. The molecule has 27 heavy (non-hydrogen) atoms. The molecule has 1 aromatic rings. The van der Waals surface area contributed by atoms with E-state index in [1.165, 1.54) is 0 Å². The highest BCUT2D eigenvalue weighted by atomic mass is 127. The molecule has 1 aliphatic heterocycles. The first kappa shape index (κ1) is 24.1. The molecule has 0 saturated carbocycles. The van der Waals surface area contributed by atoms with Crippen molar-refractivity contribution < 1.29 is 4.79 Å². The second-order valence-electron chi connectivity index (χ2n) is 6.91. The predicted molar refractivity (Wildman–Crippen MR) is 123 cm³/mol. The number of hydrogen-bond donors (Lipinski definition) is 2. The van der Waals surface area contributed by atoms with Crippen LogP contribution in [0.5, 0.6) is 0 Å². The molecule has 1 fully saturated rings. The minimum Gasteiger partial charge on any atom is -0.369 e. The van der Waals surface area contributed by atoms with Crippen LogP contribution in [-0.4, -0.2) is 66.9 Å². The van der Waals surface area contributed by atoms with Crippen molar-refractivity contribution in [2.75, 3.05) is 40.3 Å². The van der Waals surface area contributed by atoms with Crippen molar-refractivity contribution in [1.29, 1.82) is 0 Å². The summed E-state index contributed by atoms with van der Waals surface area (Å²) in [5.41, 5.74) is 6.46. The number of unbranched alkanes of at least 4 members (excludes halogenated alkanes) is 1. The van der Waals surface area contributed by atoms with Crippen LogP contribution >= 0.6 is 35.3 Å². The minimum absolute atomic E-state index is 0. The highest BCUT2D eigenvalue weighted by Crippen LogP contribution is 2.16. The lowest BCUT2D eigenvalue weighted by Gasteiger charge is -2.30. The highest BCUT2D eigenvalue weighted by molar-refractivity contribution is 14.0. The highest BCUT2D eigenvalue weighted by Gasteiger charge is 2.22. The number of aromatic nitrogens is 1. The smallest absolute Gasteiger partial charge is 0.220 e. The van der Waals surface area contributed by atoms with Crippen molar-refractivity contribution in [1.82, 2.24) is 20.1 Å². The number of halogens is 1. The van der Waals surface area contributed by atoms with Crippen molar-refractivity contribution in [3.8, 4) is 0 Å². The van der Waals surface area contributed by atoms with Crippen molar-refractivity contribution in [3.63, 3.8) is 0 Å². The van der Waals surface area contributed by atoms with Gasteiger partial charge in [-0.3, -0.25) is 9.79 Å². The first-order valence-corrected chi connectivity index (χ1v) is 10.2. The third-order valence-corrected chi connectivity index (χ3v) is 5.64. The van der Waals surface area contributed by atoms with Gasteiger partial charge in [0.1, 0.15) is 0 Å². The lowest BCUT2D eigenvalue weighted by atomic mass is 9.96. The van der Waals surface area contributed by atoms with Gasteiger partial charge in [-0.25, -0.2) is 4.98 Å². The standard InChI is InChI=1S/C18H32N6OS.HI/c1-14-22-16(13-26-14)12-23(3)18(20-2)21-8-4-5-9-24-10-6-15(7-11-24)17(19)25;/h13,15H,4-12H2,1-3H3,(H2,19,25)(H,20,21);1H. The zero-order valence-corrected chi connectivity index (χ0v) is 19.8. The molecule has 1 saturated heterocycles. The van der Waals surface area contributed by atoms with Crippen LogP contribution in [0.25, 0.3) is 0 Å². The zero-order valence-electron chi connectivity index (χ0n) is 16.6. The van der Waals surface area contributed by atoms with Gasteiger partial charge in [0.05, 0.1) is 17.2 Å². The van der Waals surface area contributed by atoms with Crippen LogP contribution in [0.4, 0.5) is 0 Å². The first-order valence-electron chi connectivity index (χ1n) is 9.34. The number of nitrogens with zero attached hydrogens (tertiary/aromatic N) is 4. The quantitative estimate of drug-likeness (QED) is 0.243. The van der Waals surface area contributed by atoms with E-state index in [-0.39, 0.29) is 35.8 Å². The van der Waals surface area contributed by atoms with Crippen LogP contribution in [0.2, 0.25) is 0 Å². The number of piperidine rings is 1. The topological polar surface area (TPSA) is 86.8 Å². The van der Waals surface area contributed by atoms with Gasteiger partial charge in [-0.05, 0) is 52.2 Å². The fourth-order valence-electron chi connectivity index (χ4n) is 3.29. The largest absolute Gasteiger partial charge is 0.369 e. The molecular formula is C18H33IN6OS. The molecule has 1 aromatic heterocycles. The number of rotatable bonds is 8. The monoisotopic (exact) mass is 508 g/mol. The lowest BCUT2D eigenvalue weighted by Crippen LogP contribution is -2.40. The van der Waals surface area contributed by atoms with Crippen molar-refractivity contribution >= 4 is 47.2 Å². The van der Waals surface area contributed by atoms with Crippen LogP contribution < -0.4 is 11.1 Å². The number of carbonyl (C=O) groups excluding carboxylic acids is 1. The molecule has 7 nitrogen and oxygen atoms in total. The van der Waals surface area contributed by atoms with Gasteiger partial charge >= 0.3 is 0 Å². The summed E-state index contributed by atoms with van der Waals surface area (Å²) >= 11 is 1.68. The first-order chi connectivity index (χ1) is 12.5. The molecule has 9 heteroatoms. The third kappa shape index (κ3) is 8.30. The summed E-state index contributed by atoms with van der Waals surface area (Å²) in [7, 11) is 3.85. The van der Waals surface area contributed by atoms with Gasteiger partial charge in [-0.2, -0.15) is 0 Å². The molecule has 2 heterocycles. The Balaban J connectivity index is 0.00000364. The Morgan fingerprint density at radius 2 is 2.15 bits per heavy atom. The maximum atomic E-state index is 11.2. The molecule has 1 aliphatic rings. The van der Waals surface area contributed by atoms with Gasteiger partial charge < -0.3 is 20.9 Å². The van der Waals surface area contributed by atoms with Crippen LogP contribution in [-0.2, 0) is 11.3 Å². The Labute approximate surface area is 183 Å². The molecule has 1 amide bonds. The number of likely N-dealkylation sites (tertiary alicyclic amines) is 1. The molecule has 0 aromatic carbocycles. The number of guanidine groups is 1. The van der Waals surface area contributed by atoms with Gasteiger partial charge in [0.2, 0.25) is 5.91 Å². The average molecular weight is 508 g/mol. The van der Waals surface area contributed by atoms with Gasteiger partial charge in [0, 0.05) is 31.9 Å². The molecular weight excluding hydrogens is 475 g/mol. The summed E-state index contributed by atoms with van der Waals surface area (Å²) in [6.45, 7) is 6.75. The van der Waals surface area contributed by atoms with Crippen LogP contribution in [0.15, 0.2) is 10.4 Å². The van der Waals surface area contributed by atoms with Gasteiger partial charge in [-0.1, -0.05) is 0 Å². The summed E-state index contributed by atoms with van der Waals surface area (Å²) in [6.07, 6.45) is 4.04. The van der Waals surface area contributed by atoms with Gasteiger partial charge in [0.25, 0.3) is 0 Å².